The molecule has 0 spiro atoms. The zero-order valence-corrected chi connectivity index (χ0v) is 25.5. The van der Waals surface area contributed by atoms with Gasteiger partial charge in [0.1, 0.15) is 11.2 Å². The van der Waals surface area contributed by atoms with Crippen molar-refractivity contribution in [1.29, 1.82) is 0 Å². The van der Waals surface area contributed by atoms with Crippen LogP contribution < -0.4 is 0 Å². The number of hydrogen-bond acceptors (Lipinski definition) is 4. The topological polar surface area (TPSA) is 51.8 Å². The smallest absolute Gasteiger partial charge is 0.160 e. The molecule has 0 saturated carbocycles. The lowest BCUT2D eigenvalue weighted by molar-refractivity contribution is 0.658. The van der Waals surface area contributed by atoms with E-state index in [9.17, 15) is 0 Å². The SMILES string of the molecule is CC1(C)c2ccccc2-c2nc(-c3cccc(-c4ccncc4)c3)nc(-c3ccc(-c4cccc5c4oc4ccccc45)cc3)c21. The Bertz CT molecular complexity index is 2440. The van der Waals surface area contributed by atoms with Crippen LogP contribution >= 0.6 is 0 Å². The highest BCUT2D eigenvalue weighted by Crippen LogP contribution is 2.51. The molecular weight excluding hydrogens is 562 g/mol. The van der Waals surface area contributed by atoms with Gasteiger partial charge in [0, 0.05) is 56.4 Å². The summed E-state index contributed by atoms with van der Waals surface area (Å²) in [6.45, 7) is 4.57. The van der Waals surface area contributed by atoms with E-state index in [0.29, 0.717) is 5.82 Å². The van der Waals surface area contributed by atoms with Crippen molar-refractivity contribution in [3.63, 3.8) is 0 Å². The minimum Gasteiger partial charge on any atom is -0.455 e. The monoisotopic (exact) mass is 591 g/mol. The summed E-state index contributed by atoms with van der Waals surface area (Å²) in [5.41, 5.74) is 13.6. The normalized spacial score (nSPS) is 13.2. The van der Waals surface area contributed by atoms with Crippen LogP contribution in [0.4, 0.5) is 0 Å². The number of nitrogens with zero attached hydrogens (tertiary/aromatic N) is 3. The van der Waals surface area contributed by atoms with Gasteiger partial charge in [-0.3, -0.25) is 4.98 Å². The fraction of sp³-hybridized carbons (Fsp3) is 0.0714. The zero-order valence-electron chi connectivity index (χ0n) is 25.5. The first-order chi connectivity index (χ1) is 22.6. The molecule has 5 aromatic carbocycles. The molecule has 218 valence electrons. The Balaban J connectivity index is 1.21. The van der Waals surface area contributed by atoms with Crippen LogP contribution in [0.3, 0.4) is 0 Å². The number of furan rings is 1. The summed E-state index contributed by atoms with van der Waals surface area (Å²) >= 11 is 0. The first-order valence-electron chi connectivity index (χ1n) is 15.6. The first-order valence-corrected chi connectivity index (χ1v) is 15.6. The molecule has 3 heterocycles. The van der Waals surface area contributed by atoms with Gasteiger partial charge in [0.25, 0.3) is 0 Å². The molecule has 0 unspecified atom stereocenters. The lowest BCUT2D eigenvalue weighted by atomic mass is 9.80. The van der Waals surface area contributed by atoms with E-state index in [1.165, 1.54) is 11.1 Å². The Morgan fingerprint density at radius 3 is 2.07 bits per heavy atom. The molecule has 0 N–H and O–H groups in total. The third kappa shape index (κ3) is 4.04. The van der Waals surface area contributed by atoms with Crippen molar-refractivity contribution >= 4 is 21.9 Å². The maximum absolute atomic E-state index is 6.36. The average molecular weight is 592 g/mol. The molecule has 0 radical (unpaired) electrons. The second-order valence-electron chi connectivity index (χ2n) is 12.5. The van der Waals surface area contributed by atoms with Crippen molar-refractivity contribution in [2.45, 2.75) is 19.3 Å². The molecule has 3 aromatic heterocycles. The number of rotatable bonds is 4. The summed E-state index contributed by atoms with van der Waals surface area (Å²) in [5.74, 6) is 0.716. The van der Waals surface area contributed by atoms with Crippen LogP contribution in [0.5, 0.6) is 0 Å². The van der Waals surface area contributed by atoms with Crippen molar-refractivity contribution in [1.82, 2.24) is 15.0 Å². The van der Waals surface area contributed by atoms with Gasteiger partial charge in [0.15, 0.2) is 5.82 Å². The summed E-state index contributed by atoms with van der Waals surface area (Å²) in [5, 5.41) is 2.26. The maximum Gasteiger partial charge on any atom is 0.160 e. The van der Waals surface area contributed by atoms with E-state index in [1.807, 2.05) is 36.7 Å². The molecule has 0 amide bonds. The van der Waals surface area contributed by atoms with Crippen molar-refractivity contribution in [3.05, 3.63) is 151 Å². The Hall–Kier alpha value is -5.87. The fourth-order valence-electron chi connectivity index (χ4n) is 7.12. The Kier molecular flexibility index (Phi) is 5.81. The second kappa shape index (κ2) is 10.1. The fourth-order valence-corrected chi connectivity index (χ4v) is 7.12. The van der Waals surface area contributed by atoms with Crippen LogP contribution in [-0.4, -0.2) is 15.0 Å². The number of aromatic nitrogens is 3. The Labute approximate surface area is 267 Å². The zero-order chi connectivity index (χ0) is 30.8. The molecule has 0 bridgehead atoms. The van der Waals surface area contributed by atoms with E-state index in [-0.39, 0.29) is 5.41 Å². The van der Waals surface area contributed by atoms with Gasteiger partial charge in [0.05, 0.1) is 11.4 Å². The van der Waals surface area contributed by atoms with Gasteiger partial charge in [-0.25, -0.2) is 9.97 Å². The van der Waals surface area contributed by atoms with E-state index in [0.717, 1.165) is 72.3 Å². The summed E-state index contributed by atoms with van der Waals surface area (Å²) in [6, 6.07) is 44.5. The van der Waals surface area contributed by atoms with E-state index < -0.39 is 0 Å². The summed E-state index contributed by atoms with van der Waals surface area (Å²) in [7, 11) is 0. The second-order valence-corrected chi connectivity index (χ2v) is 12.5. The van der Waals surface area contributed by atoms with Crippen LogP contribution in [0.25, 0.3) is 78.1 Å². The van der Waals surface area contributed by atoms with Crippen molar-refractivity contribution < 1.29 is 4.42 Å². The molecule has 8 aromatic rings. The number of para-hydroxylation sites is 2. The maximum atomic E-state index is 6.36. The van der Waals surface area contributed by atoms with Crippen molar-refractivity contribution in [2.24, 2.45) is 0 Å². The molecule has 0 saturated heterocycles. The van der Waals surface area contributed by atoms with Crippen LogP contribution in [0.2, 0.25) is 0 Å². The standard InChI is InChI=1S/C42H29N3O/c1-42(2)35-15-5-3-12-34(35)39-37(42)38(44-41(45-39)30-10-7-9-29(25-30)26-21-23-43-24-22-26)28-19-17-27(18-20-28)31-13-8-14-33-32-11-4-6-16-36(32)46-40(31)33/h3-25H,1-2H3. The molecule has 0 aliphatic heterocycles. The minimum absolute atomic E-state index is 0.253. The molecule has 4 heteroatoms. The third-order valence-corrected chi connectivity index (χ3v) is 9.40. The highest BCUT2D eigenvalue weighted by atomic mass is 16.3. The summed E-state index contributed by atoms with van der Waals surface area (Å²) in [4.78, 5) is 14.8. The van der Waals surface area contributed by atoms with Crippen LogP contribution in [0.15, 0.2) is 144 Å². The molecule has 0 atom stereocenters. The predicted octanol–water partition coefficient (Wildman–Crippen LogP) is 10.7. The quantitative estimate of drug-likeness (QED) is 0.204. The van der Waals surface area contributed by atoms with Gasteiger partial charge in [-0.05, 0) is 46.5 Å². The average Bonchev–Trinajstić information content (AvgIpc) is 3.61. The van der Waals surface area contributed by atoms with Crippen molar-refractivity contribution in [3.8, 4) is 56.2 Å². The van der Waals surface area contributed by atoms with Gasteiger partial charge in [-0.1, -0.05) is 117 Å². The highest BCUT2D eigenvalue weighted by molar-refractivity contribution is 6.09. The van der Waals surface area contributed by atoms with Crippen LogP contribution in [0.1, 0.15) is 25.0 Å². The van der Waals surface area contributed by atoms with Gasteiger partial charge in [0.2, 0.25) is 0 Å². The van der Waals surface area contributed by atoms with E-state index in [2.05, 4.69) is 122 Å². The first kappa shape index (κ1) is 26.5. The number of hydrogen-bond donors (Lipinski definition) is 0. The molecule has 1 aliphatic carbocycles. The molecular formula is C42H29N3O. The van der Waals surface area contributed by atoms with Crippen LogP contribution in [-0.2, 0) is 5.41 Å². The lowest BCUT2D eigenvalue weighted by Crippen LogP contribution is -2.17. The minimum atomic E-state index is -0.253. The molecule has 46 heavy (non-hydrogen) atoms. The third-order valence-electron chi connectivity index (χ3n) is 9.40. The molecule has 9 rings (SSSR count). The highest BCUT2D eigenvalue weighted by Gasteiger charge is 2.40. The van der Waals surface area contributed by atoms with E-state index >= 15 is 0 Å². The van der Waals surface area contributed by atoms with Gasteiger partial charge in [-0.2, -0.15) is 0 Å². The van der Waals surface area contributed by atoms with Crippen molar-refractivity contribution in [2.75, 3.05) is 0 Å². The molecule has 4 nitrogen and oxygen atoms in total. The predicted molar refractivity (Wildman–Crippen MR) is 186 cm³/mol. The van der Waals surface area contributed by atoms with Gasteiger partial charge < -0.3 is 4.42 Å². The number of pyridine rings is 1. The van der Waals surface area contributed by atoms with Gasteiger partial charge in [-0.15, -0.1) is 0 Å². The molecule has 1 aliphatic rings. The summed E-state index contributed by atoms with van der Waals surface area (Å²) in [6.07, 6.45) is 3.65. The number of benzene rings is 5. The largest absolute Gasteiger partial charge is 0.455 e. The van der Waals surface area contributed by atoms with Crippen LogP contribution in [0, 0.1) is 0 Å². The lowest BCUT2D eigenvalue weighted by Gasteiger charge is -2.24. The Morgan fingerprint density at radius 2 is 1.20 bits per heavy atom. The summed E-state index contributed by atoms with van der Waals surface area (Å²) < 4.78 is 6.36. The Morgan fingerprint density at radius 1 is 0.522 bits per heavy atom. The van der Waals surface area contributed by atoms with E-state index in [1.54, 1.807) is 0 Å². The van der Waals surface area contributed by atoms with E-state index in [4.69, 9.17) is 14.4 Å². The number of fused-ring (bicyclic) bond motifs is 6. The van der Waals surface area contributed by atoms with Gasteiger partial charge >= 0.3 is 0 Å². The molecule has 0 fully saturated rings.